The van der Waals surface area contributed by atoms with Gasteiger partial charge in [-0.2, -0.15) is 0 Å². The lowest BCUT2D eigenvalue weighted by molar-refractivity contribution is -0.406. The average Bonchev–Trinajstić information content (AvgIpc) is 1.45. The lowest BCUT2D eigenvalue weighted by atomic mass is 9.43. The van der Waals surface area contributed by atoms with Crippen molar-refractivity contribution >= 4 is 5.78 Å². The number of rotatable bonds is 15. The maximum Gasteiger partial charge on any atom is 0.187 e. The van der Waals surface area contributed by atoms with E-state index < -0.39 is 185 Å². The van der Waals surface area contributed by atoms with E-state index in [2.05, 4.69) is 41.5 Å². The van der Waals surface area contributed by atoms with E-state index in [0.717, 1.165) is 51.4 Å². The van der Waals surface area contributed by atoms with E-state index in [1.165, 1.54) is 18.1 Å². The number of carbonyl (C=O) groups excluding carboxylic acids is 1. The van der Waals surface area contributed by atoms with Crippen molar-refractivity contribution in [2.24, 2.45) is 33.5 Å². The molecule has 1 spiro atoms. The summed E-state index contributed by atoms with van der Waals surface area (Å²) in [7, 11) is 0. The van der Waals surface area contributed by atoms with Crippen molar-refractivity contribution in [3.8, 4) is 0 Å². The third-order valence-electron chi connectivity index (χ3n) is 22.4. The van der Waals surface area contributed by atoms with Crippen LogP contribution in [0.3, 0.4) is 0 Å². The zero-order chi connectivity index (χ0) is 61.1. The number of aliphatic hydroxyl groups excluding tert-OH is 14. The smallest absolute Gasteiger partial charge is 0.187 e. The topological polar surface area (TPSA) is 402 Å². The van der Waals surface area contributed by atoms with Crippen LogP contribution in [-0.4, -0.2) is 269 Å². The van der Waals surface area contributed by atoms with Gasteiger partial charge in [-0.1, -0.05) is 59.6 Å². The number of ketones is 1. The number of aliphatic hydroxyl groups is 14. The van der Waals surface area contributed by atoms with Crippen molar-refractivity contribution in [1.29, 1.82) is 0 Å². The molecule has 6 heterocycles. The summed E-state index contributed by atoms with van der Waals surface area (Å²) >= 11 is 0. The van der Waals surface area contributed by atoms with Crippen LogP contribution in [0.15, 0.2) is 11.1 Å². The Balaban J connectivity index is 0.850. The molecule has 0 amide bonds. The summed E-state index contributed by atoms with van der Waals surface area (Å²) in [6.07, 6.45) is -35.1. The Morgan fingerprint density at radius 2 is 1.13 bits per heavy atom. The fraction of sp³-hybridized carbons (Fsp3) is 0.948. The highest BCUT2D eigenvalue weighted by Gasteiger charge is 2.72. The molecule has 10 rings (SSSR count). The number of fused-ring (bicyclic) bond motifs is 5. The summed E-state index contributed by atoms with van der Waals surface area (Å²) < 4.78 is 67.5. The van der Waals surface area contributed by atoms with Gasteiger partial charge in [0.2, 0.25) is 0 Å². The van der Waals surface area contributed by atoms with Gasteiger partial charge in [0, 0.05) is 11.8 Å². The minimum Gasteiger partial charge on any atom is -0.394 e. The molecule has 32 atom stereocenters. The second-order valence-electron chi connectivity index (χ2n) is 27.1. The first-order valence-corrected chi connectivity index (χ1v) is 30.3. The SMILES string of the molecule is CCC(=O)[C@@H]1C[C@@H](C)[C@]2(CC[C@@]3(C)C4=C(CC[C@@]32C)[C@@]2(C)CC[C@H](O[C@@H]3O[C@H](CO[C@@H]5OC[C@H](O)[C@H](O)[C@H]5O[C@@H]5O[C@H](CO)[C@@H](O)[C@H](O[C@@H]6O[C@H](CO)[C@@H](O)[C@H](O)[C@H]6O)[C@H]5O[C@H]5O[C@@H](C)[C@H](O)[C@@H](O)[C@H]5O)[C@@H](O)[C@H](O)[C@H]3O)C(C)(C)[C@@H]2CC4)O1. The van der Waals surface area contributed by atoms with Gasteiger partial charge in [-0.3, -0.25) is 4.79 Å². The van der Waals surface area contributed by atoms with E-state index in [-0.39, 0.29) is 45.6 Å². The van der Waals surface area contributed by atoms with E-state index in [4.69, 9.17) is 52.1 Å². The highest BCUT2D eigenvalue weighted by atomic mass is 16.8. The first-order chi connectivity index (χ1) is 39.5. The van der Waals surface area contributed by atoms with E-state index in [1.807, 2.05) is 6.92 Å². The molecule has 10 aliphatic rings. The molecule has 0 unspecified atom stereocenters. The molecular weight excluding hydrogens is 1110 g/mol. The number of Topliss-reactive ketones (excluding diaryl/α,β-unsaturated/α-hetero) is 1. The van der Waals surface area contributed by atoms with Gasteiger partial charge in [0.15, 0.2) is 37.2 Å². The van der Waals surface area contributed by atoms with Crippen molar-refractivity contribution in [3.05, 3.63) is 11.1 Å². The molecule has 0 bridgehead atoms. The number of ether oxygens (including phenoxy) is 11. The molecule has 2 saturated carbocycles. The Kier molecular flexibility index (Phi) is 19.1. The van der Waals surface area contributed by atoms with Crippen LogP contribution in [0.2, 0.25) is 0 Å². The first-order valence-electron chi connectivity index (χ1n) is 30.3. The number of hydrogen-bond donors (Lipinski definition) is 14. The molecule has 26 heteroatoms. The standard InChI is InChI=1S/C58H94O26/c1-9-27(61)29-18-23(2)58(84-29)17-16-56(7)26-10-11-33-54(4,5)34(13-14-55(33,6)25(26)12-15-57(56,58)8)80-50-44(72)42(70)38(66)32(79-50)22-75-52-47(36(64)28(62)21-74-52)82-53-48(83-49-43(71)40(68)35(63)24(3)76-49)46(39(67)31(20-60)78-53)81-51-45(73)41(69)37(65)30(19-59)77-51/h23-24,28-53,59-60,62-73H,9-22H2,1-8H3/t23-,24+,28+,29+,30-,31-,32-,33+,34+,35+,36+,37-,38-,39-,40-,41+,42+,43-,44-,45-,46+,47-,48-,49-,50+,51+,52+,53+,55-,56+,57+,58+/m1/s1. The van der Waals surface area contributed by atoms with Gasteiger partial charge >= 0.3 is 0 Å². The molecule has 14 N–H and O–H groups in total. The largest absolute Gasteiger partial charge is 0.394 e. The maximum absolute atomic E-state index is 13.0. The minimum atomic E-state index is -2.04. The van der Waals surface area contributed by atoms with Crippen LogP contribution < -0.4 is 0 Å². The van der Waals surface area contributed by atoms with Crippen LogP contribution in [0.25, 0.3) is 0 Å². The van der Waals surface area contributed by atoms with Crippen LogP contribution in [-0.2, 0) is 56.9 Å². The molecule has 482 valence electrons. The zero-order valence-corrected chi connectivity index (χ0v) is 49.2. The van der Waals surface area contributed by atoms with Crippen molar-refractivity contribution in [2.45, 2.75) is 285 Å². The molecule has 84 heavy (non-hydrogen) atoms. The third kappa shape index (κ3) is 10.7. The summed E-state index contributed by atoms with van der Waals surface area (Å²) in [5, 5.41) is 153. The lowest BCUT2D eigenvalue weighted by Crippen LogP contribution is -2.68. The van der Waals surface area contributed by atoms with E-state index in [9.17, 15) is 76.3 Å². The minimum absolute atomic E-state index is 0.110. The predicted octanol–water partition coefficient (Wildman–Crippen LogP) is -2.59. The van der Waals surface area contributed by atoms with E-state index in [0.29, 0.717) is 12.8 Å². The van der Waals surface area contributed by atoms with Crippen LogP contribution >= 0.6 is 0 Å². The van der Waals surface area contributed by atoms with Gasteiger partial charge in [-0.25, -0.2) is 0 Å². The van der Waals surface area contributed by atoms with Gasteiger partial charge in [0.1, 0.15) is 116 Å². The third-order valence-corrected chi connectivity index (χ3v) is 22.4. The number of carbonyl (C=O) groups is 1. The summed E-state index contributed by atoms with van der Waals surface area (Å²) in [4.78, 5) is 13.0. The van der Waals surface area contributed by atoms with Crippen molar-refractivity contribution in [3.63, 3.8) is 0 Å². The molecule has 4 aliphatic carbocycles. The molecule has 0 aromatic heterocycles. The van der Waals surface area contributed by atoms with Gasteiger partial charge in [-0.15, -0.1) is 0 Å². The Bertz CT molecular complexity index is 2330. The Morgan fingerprint density at radius 1 is 0.560 bits per heavy atom. The summed E-state index contributed by atoms with van der Waals surface area (Å²) in [5.74, 6) is 0.583. The van der Waals surface area contributed by atoms with Crippen molar-refractivity contribution in [1.82, 2.24) is 0 Å². The molecular formula is C58H94O26. The maximum atomic E-state index is 13.0. The number of allylic oxidation sites excluding steroid dienone is 2. The second-order valence-corrected chi connectivity index (χ2v) is 27.1. The highest BCUT2D eigenvalue weighted by molar-refractivity contribution is 5.83. The predicted molar refractivity (Wildman–Crippen MR) is 284 cm³/mol. The van der Waals surface area contributed by atoms with Crippen LogP contribution in [0.5, 0.6) is 0 Å². The fourth-order valence-electron chi connectivity index (χ4n) is 17.1. The Labute approximate surface area is 488 Å². The number of hydrogen-bond acceptors (Lipinski definition) is 26. The second kappa shape index (κ2) is 24.6. The van der Waals surface area contributed by atoms with E-state index in [1.54, 1.807) is 0 Å². The van der Waals surface area contributed by atoms with Crippen molar-refractivity contribution in [2.75, 3.05) is 26.4 Å². The Hall–Kier alpha value is -1.59. The molecule has 0 aromatic rings. The summed E-state index contributed by atoms with van der Waals surface area (Å²) in [5.41, 5.74) is 1.76. The van der Waals surface area contributed by atoms with Crippen molar-refractivity contribution < 1.29 is 128 Å². The first kappa shape index (κ1) is 65.4. The van der Waals surface area contributed by atoms with Gasteiger partial charge < -0.3 is 124 Å². The zero-order valence-electron chi connectivity index (χ0n) is 49.2. The summed E-state index contributed by atoms with van der Waals surface area (Å²) in [6, 6.07) is 0. The van der Waals surface area contributed by atoms with Crippen LogP contribution in [0.1, 0.15) is 120 Å². The summed E-state index contributed by atoms with van der Waals surface area (Å²) in [6.45, 7) is 14.1. The molecule has 26 nitrogen and oxygen atoms in total. The van der Waals surface area contributed by atoms with Gasteiger partial charge in [0.25, 0.3) is 0 Å². The highest BCUT2D eigenvalue weighted by Crippen LogP contribution is 2.75. The Morgan fingerprint density at radius 3 is 1.79 bits per heavy atom. The normalized spacial score (nSPS) is 54.0. The van der Waals surface area contributed by atoms with Crippen LogP contribution in [0.4, 0.5) is 0 Å². The fourth-order valence-corrected chi connectivity index (χ4v) is 17.1. The van der Waals surface area contributed by atoms with Gasteiger partial charge in [-0.05, 0) is 92.8 Å². The van der Waals surface area contributed by atoms with E-state index >= 15 is 0 Å². The van der Waals surface area contributed by atoms with Gasteiger partial charge in [0.05, 0.1) is 44.2 Å². The molecule has 8 fully saturated rings. The average molecular weight is 1210 g/mol. The van der Waals surface area contributed by atoms with Crippen LogP contribution in [0, 0.1) is 33.5 Å². The molecule has 6 saturated heterocycles. The monoisotopic (exact) mass is 1210 g/mol. The lowest BCUT2D eigenvalue weighted by Gasteiger charge is -2.63. The molecule has 6 aliphatic heterocycles. The molecule has 0 aromatic carbocycles. The quantitative estimate of drug-likeness (QED) is 0.0748. The molecule has 0 radical (unpaired) electrons.